The lowest BCUT2D eigenvalue weighted by Crippen LogP contribution is -2.26. The molecule has 1 saturated heterocycles. The zero-order chi connectivity index (χ0) is 18.2. The van der Waals surface area contributed by atoms with E-state index >= 15 is 0 Å². The van der Waals surface area contributed by atoms with E-state index in [4.69, 9.17) is 4.98 Å². The number of carbonyl (C=O) groups excluding carboxylic acids is 1. The average Bonchev–Trinajstić information content (AvgIpc) is 3.36. The lowest BCUT2D eigenvalue weighted by molar-refractivity contribution is -0.120. The Labute approximate surface area is 162 Å². The molecule has 1 saturated carbocycles. The van der Waals surface area contributed by atoms with Gasteiger partial charge in [-0.1, -0.05) is 0 Å². The van der Waals surface area contributed by atoms with Crippen LogP contribution in [0.5, 0.6) is 0 Å². The van der Waals surface area contributed by atoms with E-state index in [-0.39, 0.29) is 0 Å². The number of Topliss-reactive ketones (excluding diaryl/α,β-unsaturated/α-hetero) is 1. The second kappa shape index (κ2) is 7.17. The van der Waals surface area contributed by atoms with Crippen molar-refractivity contribution in [1.29, 1.82) is 0 Å². The Kier molecular flexibility index (Phi) is 4.53. The van der Waals surface area contributed by atoms with E-state index in [1.807, 2.05) is 12.4 Å². The maximum absolute atomic E-state index is 11.6. The van der Waals surface area contributed by atoms with Crippen molar-refractivity contribution in [1.82, 2.24) is 20.3 Å². The Bertz CT molecular complexity index is 960. The van der Waals surface area contributed by atoms with Gasteiger partial charge in [-0.25, -0.2) is 9.97 Å². The van der Waals surface area contributed by atoms with Crippen LogP contribution in [0, 0.1) is 0 Å². The highest BCUT2D eigenvalue weighted by molar-refractivity contribution is 7.10. The van der Waals surface area contributed by atoms with Crippen molar-refractivity contribution in [2.45, 2.75) is 50.4 Å². The van der Waals surface area contributed by atoms with Gasteiger partial charge in [-0.3, -0.25) is 4.79 Å². The Morgan fingerprint density at radius 3 is 2.70 bits per heavy atom. The predicted molar refractivity (Wildman–Crippen MR) is 108 cm³/mol. The standard InChI is InChI=1S/C21H24N4OS/c26-16-3-1-13(2-4-16)15-9-17-18(11-24-20(17)23-10-15)19-12-27-21(25-19)14-5-7-22-8-6-14/h9-14,22H,1-8H2,(H,23,24). The molecule has 2 fully saturated rings. The van der Waals surface area contributed by atoms with Crippen molar-refractivity contribution >= 4 is 28.2 Å². The minimum absolute atomic E-state index is 0.399. The number of fused-ring (bicyclic) bond motifs is 1. The first-order valence-electron chi connectivity index (χ1n) is 9.93. The second-order valence-corrected chi connectivity index (χ2v) is 8.67. The molecular formula is C21H24N4OS. The zero-order valence-electron chi connectivity index (χ0n) is 15.3. The lowest BCUT2D eigenvalue weighted by atomic mass is 9.84. The third-order valence-corrected chi connectivity index (χ3v) is 7.06. The summed E-state index contributed by atoms with van der Waals surface area (Å²) in [7, 11) is 0. The van der Waals surface area contributed by atoms with Gasteiger partial charge in [-0.2, -0.15) is 0 Å². The van der Waals surface area contributed by atoms with Gasteiger partial charge in [-0.05, 0) is 56.3 Å². The Morgan fingerprint density at radius 1 is 1.07 bits per heavy atom. The van der Waals surface area contributed by atoms with Crippen molar-refractivity contribution in [3.05, 3.63) is 34.4 Å². The average molecular weight is 381 g/mol. The fourth-order valence-corrected chi connectivity index (χ4v) is 5.39. The number of pyridine rings is 1. The van der Waals surface area contributed by atoms with Crippen LogP contribution in [-0.2, 0) is 4.79 Å². The monoisotopic (exact) mass is 380 g/mol. The molecule has 1 aliphatic heterocycles. The number of thiazole rings is 1. The van der Waals surface area contributed by atoms with Crippen molar-refractivity contribution in [3.8, 4) is 11.3 Å². The van der Waals surface area contributed by atoms with Crippen LogP contribution in [0.15, 0.2) is 23.8 Å². The molecule has 3 aromatic heterocycles. The smallest absolute Gasteiger partial charge is 0.137 e. The van der Waals surface area contributed by atoms with Gasteiger partial charge in [0.15, 0.2) is 0 Å². The maximum Gasteiger partial charge on any atom is 0.137 e. The number of ketones is 1. The Balaban J connectivity index is 1.46. The zero-order valence-corrected chi connectivity index (χ0v) is 16.1. The van der Waals surface area contributed by atoms with Gasteiger partial charge in [-0.15, -0.1) is 11.3 Å². The minimum atomic E-state index is 0.399. The molecule has 5 nitrogen and oxygen atoms in total. The van der Waals surface area contributed by atoms with E-state index in [9.17, 15) is 4.79 Å². The van der Waals surface area contributed by atoms with Crippen LogP contribution in [0.25, 0.3) is 22.3 Å². The summed E-state index contributed by atoms with van der Waals surface area (Å²) in [6, 6.07) is 2.26. The largest absolute Gasteiger partial charge is 0.345 e. The van der Waals surface area contributed by atoms with Crippen LogP contribution < -0.4 is 5.32 Å². The van der Waals surface area contributed by atoms with Gasteiger partial charge in [0.1, 0.15) is 11.4 Å². The van der Waals surface area contributed by atoms with E-state index in [2.05, 4.69) is 26.7 Å². The molecule has 4 heterocycles. The molecule has 1 aliphatic carbocycles. The molecule has 27 heavy (non-hydrogen) atoms. The highest BCUT2D eigenvalue weighted by atomic mass is 32.1. The molecule has 0 amide bonds. The third-order valence-electron chi connectivity index (χ3n) is 6.05. The summed E-state index contributed by atoms with van der Waals surface area (Å²) in [6.45, 7) is 2.17. The Hall–Kier alpha value is -2.05. The molecule has 0 aromatic carbocycles. The number of rotatable bonds is 3. The first kappa shape index (κ1) is 17.1. The highest BCUT2D eigenvalue weighted by Crippen LogP contribution is 2.36. The summed E-state index contributed by atoms with van der Waals surface area (Å²) < 4.78 is 0. The van der Waals surface area contributed by atoms with Crippen molar-refractivity contribution in [2.24, 2.45) is 0 Å². The lowest BCUT2D eigenvalue weighted by Gasteiger charge is -2.21. The molecule has 6 heteroatoms. The van der Waals surface area contributed by atoms with Gasteiger partial charge in [0, 0.05) is 47.5 Å². The number of aromatic nitrogens is 3. The van der Waals surface area contributed by atoms with Crippen molar-refractivity contribution in [2.75, 3.05) is 13.1 Å². The first-order chi connectivity index (χ1) is 13.3. The van der Waals surface area contributed by atoms with Crippen molar-refractivity contribution in [3.63, 3.8) is 0 Å². The quantitative estimate of drug-likeness (QED) is 0.707. The van der Waals surface area contributed by atoms with Crippen LogP contribution in [0.1, 0.15) is 60.9 Å². The number of H-pyrrole nitrogens is 1. The molecule has 0 bridgehead atoms. The Morgan fingerprint density at radius 2 is 1.89 bits per heavy atom. The molecule has 5 rings (SSSR count). The van der Waals surface area contributed by atoms with Crippen LogP contribution in [0.4, 0.5) is 0 Å². The number of piperidine rings is 1. The fraction of sp³-hybridized carbons (Fsp3) is 0.476. The third kappa shape index (κ3) is 3.32. The van der Waals surface area contributed by atoms with Gasteiger partial charge >= 0.3 is 0 Å². The number of nitrogens with zero attached hydrogens (tertiary/aromatic N) is 2. The van der Waals surface area contributed by atoms with E-state index in [0.29, 0.717) is 30.5 Å². The molecule has 2 aliphatic rings. The summed E-state index contributed by atoms with van der Waals surface area (Å²) in [4.78, 5) is 24.5. The first-order valence-corrected chi connectivity index (χ1v) is 10.8. The minimum Gasteiger partial charge on any atom is -0.345 e. The molecule has 0 spiro atoms. The molecule has 0 radical (unpaired) electrons. The van der Waals surface area contributed by atoms with E-state index < -0.39 is 0 Å². The number of aromatic amines is 1. The number of nitrogens with one attached hydrogen (secondary N) is 2. The summed E-state index contributed by atoms with van der Waals surface area (Å²) in [5.41, 5.74) is 4.36. The molecule has 2 N–H and O–H groups in total. The van der Waals surface area contributed by atoms with Gasteiger partial charge in [0.2, 0.25) is 0 Å². The van der Waals surface area contributed by atoms with Crippen LogP contribution in [-0.4, -0.2) is 33.8 Å². The summed E-state index contributed by atoms with van der Waals surface area (Å²) in [6.07, 6.45) is 9.66. The molecule has 140 valence electrons. The number of hydrogen-bond donors (Lipinski definition) is 2. The van der Waals surface area contributed by atoms with Crippen LogP contribution in [0.3, 0.4) is 0 Å². The van der Waals surface area contributed by atoms with E-state index in [1.54, 1.807) is 11.3 Å². The van der Waals surface area contributed by atoms with Crippen LogP contribution in [0.2, 0.25) is 0 Å². The summed E-state index contributed by atoms with van der Waals surface area (Å²) in [5.74, 6) is 1.43. The maximum atomic E-state index is 11.6. The molecular weight excluding hydrogens is 356 g/mol. The molecule has 0 atom stereocenters. The van der Waals surface area contributed by atoms with Gasteiger partial charge in [0.25, 0.3) is 0 Å². The van der Waals surface area contributed by atoms with Gasteiger partial charge in [0.05, 0.1) is 10.7 Å². The molecule has 3 aromatic rings. The topological polar surface area (TPSA) is 70.7 Å². The van der Waals surface area contributed by atoms with Crippen molar-refractivity contribution < 1.29 is 4.79 Å². The van der Waals surface area contributed by atoms with E-state index in [1.165, 1.54) is 23.4 Å². The molecule has 0 unspecified atom stereocenters. The summed E-state index contributed by atoms with van der Waals surface area (Å²) in [5, 5.41) is 8.02. The number of hydrogen-bond acceptors (Lipinski definition) is 5. The predicted octanol–water partition coefficient (Wildman–Crippen LogP) is 4.38. The summed E-state index contributed by atoms with van der Waals surface area (Å²) >= 11 is 1.78. The van der Waals surface area contributed by atoms with E-state index in [0.717, 1.165) is 48.2 Å². The second-order valence-electron chi connectivity index (χ2n) is 7.78. The SMILES string of the molecule is O=C1CCC(c2cnc3[nH]cc(-c4csc(C5CCNCC5)n4)c3c2)CC1. The van der Waals surface area contributed by atoms with Crippen LogP contribution >= 0.6 is 11.3 Å². The van der Waals surface area contributed by atoms with Gasteiger partial charge < -0.3 is 10.3 Å². The normalized spacial score (nSPS) is 19.8. The highest BCUT2D eigenvalue weighted by Gasteiger charge is 2.22. The fourth-order valence-electron chi connectivity index (χ4n) is 4.40. The number of carbonyl (C=O) groups is 1.